The normalized spacial score (nSPS) is 19.9. The smallest absolute Gasteiger partial charge is 0.320 e. The summed E-state index contributed by atoms with van der Waals surface area (Å²) in [6.45, 7) is 2.52. The van der Waals surface area contributed by atoms with Crippen LogP contribution in [0, 0.1) is 18.6 Å². The van der Waals surface area contributed by atoms with Crippen molar-refractivity contribution in [3.8, 4) is 0 Å². The van der Waals surface area contributed by atoms with Crippen LogP contribution in [0.25, 0.3) is 0 Å². The molecule has 0 aliphatic carbocycles. The highest BCUT2D eigenvalue weighted by Crippen LogP contribution is 2.38. The lowest BCUT2D eigenvalue weighted by Gasteiger charge is -2.31. The summed E-state index contributed by atoms with van der Waals surface area (Å²) in [4.78, 5) is 14.2. The summed E-state index contributed by atoms with van der Waals surface area (Å²) in [5.41, 5.74) is 1.37. The zero-order chi connectivity index (χ0) is 16.6. The Kier molecular flexibility index (Phi) is 4.46. The fourth-order valence-electron chi connectivity index (χ4n) is 3.18. The molecule has 0 amide bonds. The first-order valence-electron chi connectivity index (χ1n) is 7.46. The van der Waals surface area contributed by atoms with Crippen molar-refractivity contribution in [3.63, 3.8) is 0 Å². The van der Waals surface area contributed by atoms with Gasteiger partial charge >= 0.3 is 5.97 Å². The SMILES string of the molecule is Cc1csc(C(c2ccc(F)cc2F)N2CCCC2C(=O)O)c1. The molecule has 2 atom stereocenters. The Hall–Kier alpha value is -1.79. The van der Waals surface area contributed by atoms with E-state index in [4.69, 9.17) is 0 Å². The van der Waals surface area contributed by atoms with Crippen molar-refractivity contribution in [2.45, 2.75) is 31.8 Å². The fourth-order valence-corrected chi connectivity index (χ4v) is 4.21. The number of carboxylic acids is 1. The van der Waals surface area contributed by atoms with Crippen molar-refractivity contribution in [1.82, 2.24) is 4.90 Å². The molecule has 3 rings (SSSR count). The van der Waals surface area contributed by atoms with Gasteiger partial charge in [0, 0.05) is 23.1 Å². The number of carboxylic acid groups (broad SMARTS) is 1. The van der Waals surface area contributed by atoms with E-state index in [0.29, 0.717) is 18.5 Å². The van der Waals surface area contributed by atoms with Crippen molar-refractivity contribution in [1.29, 1.82) is 0 Å². The minimum Gasteiger partial charge on any atom is -0.480 e. The number of carbonyl (C=O) groups is 1. The lowest BCUT2D eigenvalue weighted by atomic mass is 10.0. The van der Waals surface area contributed by atoms with Gasteiger partial charge in [0.25, 0.3) is 0 Å². The van der Waals surface area contributed by atoms with Gasteiger partial charge < -0.3 is 5.11 Å². The molecule has 23 heavy (non-hydrogen) atoms. The van der Waals surface area contributed by atoms with Gasteiger partial charge in [-0.15, -0.1) is 11.3 Å². The average Bonchev–Trinajstić information content (AvgIpc) is 3.11. The minimum absolute atomic E-state index is 0.321. The number of halogens is 2. The number of hydrogen-bond acceptors (Lipinski definition) is 3. The molecule has 0 saturated carbocycles. The third-order valence-electron chi connectivity index (χ3n) is 4.19. The van der Waals surface area contributed by atoms with Gasteiger partial charge in [0.05, 0.1) is 6.04 Å². The van der Waals surface area contributed by atoms with E-state index in [1.54, 1.807) is 0 Å². The first-order valence-corrected chi connectivity index (χ1v) is 8.34. The van der Waals surface area contributed by atoms with Crippen LogP contribution in [0.15, 0.2) is 29.6 Å². The Labute approximate surface area is 137 Å². The van der Waals surface area contributed by atoms with Crippen LogP contribution < -0.4 is 0 Å². The van der Waals surface area contributed by atoms with Gasteiger partial charge in [-0.3, -0.25) is 9.69 Å². The molecule has 1 aliphatic heterocycles. The average molecular weight is 337 g/mol. The molecule has 2 heterocycles. The van der Waals surface area contributed by atoms with Crippen LogP contribution in [0.3, 0.4) is 0 Å². The number of nitrogens with zero attached hydrogens (tertiary/aromatic N) is 1. The van der Waals surface area contributed by atoms with Gasteiger partial charge in [-0.1, -0.05) is 6.07 Å². The second-order valence-electron chi connectivity index (χ2n) is 5.83. The summed E-state index contributed by atoms with van der Waals surface area (Å²) in [5.74, 6) is -2.18. The van der Waals surface area contributed by atoms with E-state index in [1.165, 1.54) is 23.5 Å². The van der Waals surface area contributed by atoms with Crippen molar-refractivity contribution in [2.24, 2.45) is 0 Å². The van der Waals surface area contributed by atoms with Crippen LogP contribution >= 0.6 is 11.3 Å². The summed E-state index contributed by atoms with van der Waals surface area (Å²) in [5, 5.41) is 11.4. The predicted octanol–water partition coefficient (Wildman–Crippen LogP) is 3.97. The van der Waals surface area contributed by atoms with Crippen LogP contribution in [0.5, 0.6) is 0 Å². The summed E-state index contributed by atoms with van der Waals surface area (Å²) >= 11 is 1.47. The summed E-state index contributed by atoms with van der Waals surface area (Å²) in [6, 6.07) is 4.29. The second kappa shape index (κ2) is 6.37. The zero-order valence-electron chi connectivity index (χ0n) is 12.6. The molecule has 1 aromatic heterocycles. The van der Waals surface area contributed by atoms with Crippen LogP contribution in [-0.2, 0) is 4.79 Å². The fraction of sp³-hybridized carbons (Fsp3) is 0.353. The number of benzene rings is 1. The molecule has 122 valence electrons. The van der Waals surface area contributed by atoms with Gasteiger partial charge in [-0.2, -0.15) is 0 Å². The largest absolute Gasteiger partial charge is 0.480 e. The first-order chi connectivity index (χ1) is 11.0. The van der Waals surface area contributed by atoms with E-state index in [1.807, 2.05) is 23.3 Å². The molecule has 2 unspecified atom stereocenters. The van der Waals surface area contributed by atoms with Crippen molar-refractivity contribution < 1.29 is 18.7 Å². The minimum atomic E-state index is -0.900. The van der Waals surface area contributed by atoms with Crippen LogP contribution in [0.2, 0.25) is 0 Å². The maximum absolute atomic E-state index is 14.4. The van der Waals surface area contributed by atoms with Crippen LogP contribution in [0.1, 0.15) is 34.9 Å². The van der Waals surface area contributed by atoms with Gasteiger partial charge in [-0.05, 0) is 42.8 Å². The molecular formula is C17H17F2NO2S. The molecule has 3 nitrogen and oxygen atoms in total. The Bertz CT molecular complexity index is 731. The standard InChI is InChI=1S/C17H17F2NO2S/c1-10-7-15(23-9-10)16(12-5-4-11(18)8-13(12)19)20-6-2-3-14(20)17(21)22/h4-5,7-9,14,16H,2-3,6H2,1H3,(H,21,22). The predicted molar refractivity (Wildman–Crippen MR) is 84.6 cm³/mol. The highest BCUT2D eigenvalue weighted by molar-refractivity contribution is 7.10. The zero-order valence-corrected chi connectivity index (χ0v) is 13.4. The molecule has 6 heteroatoms. The third-order valence-corrected chi connectivity index (χ3v) is 5.29. The quantitative estimate of drug-likeness (QED) is 0.918. The van der Waals surface area contributed by atoms with E-state index in [-0.39, 0.29) is 0 Å². The highest BCUT2D eigenvalue weighted by Gasteiger charge is 2.38. The Morgan fingerprint density at radius 1 is 1.39 bits per heavy atom. The van der Waals surface area contributed by atoms with E-state index < -0.39 is 29.7 Å². The Morgan fingerprint density at radius 2 is 2.17 bits per heavy atom. The third kappa shape index (κ3) is 3.14. The van der Waals surface area contributed by atoms with E-state index in [0.717, 1.165) is 22.9 Å². The molecule has 1 saturated heterocycles. The van der Waals surface area contributed by atoms with E-state index in [9.17, 15) is 18.7 Å². The lowest BCUT2D eigenvalue weighted by Crippen LogP contribution is -2.39. The lowest BCUT2D eigenvalue weighted by molar-refractivity contribution is -0.142. The van der Waals surface area contributed by atoms with Gasteiger partial charge in [0.1, 0.15) is 17.7 Å². The van der Waals surface area contributed by atoms with E-state index >= 15 is 0 Å². The Balaban J connectivity index is 2.09. The topological polar surface area (TPSA) is 40.5 Å². The molecule has 0 bridgehead atoms. The molecule has 1 N–H and O–H groups in total. The second-order valence-corrected chi connectivity index (χ2v) is 6.77. The molecule has 1 aliphatic rings. The summed E-state index contributed by atoms with van der Waals surface area (Å²) in [7, 11) is 0. The molecule has 2 aromatic rings. The van der Waals surface area contributed by atoms with Crippen LogP contribution in [0.4, 0.5) is 8.78 Å². The van der Waals surface area contributed by atoms with Crippen LogP contribution in [-0.4, -0.2) is 28.6 Å². The maximum atomic E-state index is 14.4. The molecule has 0 spiro atoms. The first kappa shape index (κ1) is 16.1. The number of rotatable bonds is 4. The molecule has 0 radical (unpaired) electrons. The molecular weight excluding hydrogens is 320 g/mol. The molecule has 1 fully saturated rings. The number of aliphatic carboxylic acids is 1. The monoisotopic (exact) mass is 337 g/mol. The molecule has 1 aromatic carbocycles. The Morgan fingerprint density at radius 3 is 2.78 bits per heavy atom. The highest BCUT2D eigenvalue weighted by atomic mass is 32.1. The summed E-state index contributed by atoms with van der Waals surface area (Å²) in [6.07, 6.45) is 1.29. The van der Waals surface area contributed by atoms with Gasteiger partial charge in [-0.25, -0.2) is 8.78 Å². The van der Waals surface area contributed by atoms with Crippen molar-refractivity contribution in [3.05, 3.63) is 57.3 Å². The summed E-state index contributed by atoms with van der Waals surface area (Å²) < 4.78 is 27.6. The van der Waals surface area contributed by atoms with Gasteiger partial charge in [0.2, 0.25) is 0 Å². The van der Waals surface area contributed by atoms with Gasteiger partial charge in [0.15, 0.2) is 0 Å². The van der Waals surface area contributed by atoms with Crippen molar-refractivity contribution >= 4 is 17.3 Å². The number of thiophene rings is 1. The number of aryl methyl sites for hydroxylation is 1. The van der Waals surface area contributed by atoms with E-state index in [2.05, 4.69) is 0 Å². The number of likely N-dealkylation sites (tertiary alicyclic amines) is 1. The number of hydrogen-bond donors (Lipinski definition) is 1. The maximum Gasteiger partial charge on any atom is 0.320 e. The van der Waals surface area contributed by atoms with Crippen molar-refractivity contribution in [2.75, 3.05) is 6.54 Å².